The molecule has 0 spiro atoms. The number of hydrogen-bond acceptors (Lipinski definition) is 7. The second-order valence-electron chi connectivity index (χ2n) is 9.57. The number of fused-ring (bicyclic) bond motifs is 1. The van der Waals surface area contributed by atoms with Crippen molar-refractivity contribution >= 4 is 39.1 Å². The van der Waals surface area contributed by atoms with E-state index in [4.69, 9.17) is 27.2 Å². The van der Waals surface area contributed by atoms with Crippen LogP contribution in [-0.2, 0) is 24.0 Å². The molecule has 2 unspecified atom stereocenters. The topological polar surface area (TPSA) is 89.3 Å². The zero-order valence-electron chi connectivity index (χ0n) is 22.8. The molecule has 2 N–H and O–H groups in total. The van der Waals surface area contributed by atoms with Gasteiger partial charge in [-0.25, -0.2) is 14.4 Å². The molecule has 0 amide bonds. The van der Waals surface area contributed by atoms with Crippen LogP contribution < -0.4 is 15.4 Å². The van der Waals surface area contributed by atoms with E-state index in [2.05, 4.69) is 26.5 Å². The highest BCUT2D eigenvalue weighted by molar-refractivity contribution is 7.84. The summed E-state index contributed by atoms with van der Waals surface area (Å²) in [4.78, 5) is 8.87. The Bertz CT molecular complexity index is 1770. The van der Waals surface area contributed by atoms with Crippen LogP contribution in [0, 0.1) is 18.2 Å². The van der Waals surface area contributed by atoms with Crippen LogP contribution in [0.25, 0.3) is 22.2 Å². The molecule has 0 aliphatic rings. The summed E-state index contributed by atoms with van der Waals surface area (Å²) in [5.74, 6) is 5.13. The van der Waals surface area contributed by atoms with Crippen LogP contribution in [0.3, 0.4) is 0 Å². The predicted molar refractivity (Wildman–Crippen MR) is 165 cm³/mol. The Morgan fingerprint density at radius 3 is 2.76 bits per heavy atom. The van der Waals surface area contributed by atoms with Gasteiger partial charge in [-0.3, -0.25) is 9.53 Å². The maximum atomic E-state index is 13.4. The van der Waals surface area contributed by atoms with Crippen LogP contribution in [0.15, 0.2) is 83.5 Å². The highest BCUT2D eigenvalue weighted by Crippen LogP contribution is 2.31. The molecule has 0 radical (unpaired) electrons. The van der Waals surface area contributed by atoms with Crippen LogP contribution in [0.2, 0.25) is 5.02 Å². The summed E-state index contributed by atoms with van der Waals surface area (Å²) >= 11 is 6.48. The number of terminal acetylenes is 1. The summed E-state index contributed by atoms with van der Waals surface area (Å²) in [6, 6.07) is 21.1. The first-order chi connectivity index (χ1) is 20.4. The van der Waals surface area contributed by atoms with Crippen molar-refractivity contribution in [2.24, 2.45) is 0 Å². The lowest BCUT2D eigenvalue weighted by molar-refractivity contribution is 0.305. The quantitative estimate of drug-likeness (QED) is 0.157. The molecule has 0 saturated heterocycles. The normalized spacial score (nSPS) is 12.5. The zero-order valence-corrected chi connectivity index (χ0v) is 24.3. The number of nitrogens with zero attached hydrogens (tertiary/aromatic N) is 2. The molecule has 2 heterocycles. The minimum Gasteiger partial charge on any atom is -0.487 e. The molecular weight excluding hydrogens is 575 g/mol. The van der Waals surface area contributed by atoms with Gasteiger partial charge in [-0.1, -0.05) is 35.7 Å². The lowest BCUT2D eigenvalue weighted by atomic mass is 10.1. The first-order valence-electron chi connectivity index (χ1n) is 13.1. The molecule has 0 aliphatic carbocycles. The summed E-state index contributed by atoms with van der Waals surface area (Å²) < 4.78 is 37.3. The average molecular weight is 603 g/mol. The Hall–Kier alpha value is -4.23. The maximum absolute atomic E-state index is 13.4. The first-order valence-corrected chi connectivity index (χ1v) is 15.2. The van der Waals surface area contributed by atoms with E-state index in [0.717, 1.165) is 27.6 Å². The SMILES string of the molecule is C#CCNC(CS(C)=O)c1ccc(-c2ccc3ncnc(NCc4ccc(OCc5cccc(F)c5)c(Cl)c4)c3c2)o1. The molecule has 214 valence electrons. The van der Waals surface area contributed by atoms with Gasteiger partial charge in [-0.05, 0) is 65.7 Å². The molecular formula is C32H28ClFN4O3S. The van der Waals surface area contributed by atoms with E-state index in [1.807, 2.05) is 42.5 Å². The van der Waals surface area contributed by atoms with E-state index in [1.54, 1.807) is 24.5 Å². The van der Waals surface area contributed by atoms with Gasteiger partial charge in [0.05, 0.1) is 23.1 Å². The van der Waals surface area contributed by atoms with Crippen molar-refractivity contribution < 1.29 is 17.8 Å². The number of furan rings is 1. The van der Waals surface area contributed by atoms with E-state index < -0.39 is 10.8 Å². The first kappa shape index (κ1) is 29.3. The van der Waals surface area contributed by atoms with Crippen LogP contribution >= 0.6 is 11.6 Å². The van der Waals surface area contributed by atoms with E-state index in [1.165, 1.54) is 18.5 Å². The third-order valence-corrected chi connectivity index (χ3v) is 7.58. The monoisotopic (exact) mass is 602 g/mol. The molecule has 0 saturated carbocycles. The van der Waals surface area contributed by atoms with Crippen molar-refractivity contribution in [1.29, 1.82) is 0 Å². The van der Waals surface area contributed by atoms with Gasteiger partial charge < -0.3 is 14.5 Å². The summed E-state index contributed by atoms with van der Waals surface area (Å²) in [5.41, 5.74) is 3.27. The zero-order chi connectivity index (χ0) is 29.5. The molecule has 3 aromatic carbocycles. The van der Waals surface area contributed by atoms with Gasteiger partial charge in [-0.2, -0.15) is 0 Å². The number of ether oxygens (including phenoxy) is 1. The molecule has 0 bridgehead atoms. The van der Waals surface area contributed by atoms with E-state index in [-0.39, 0.29) is 18.5 Å². The van der Waals surface area contributed by atoms with Crippen molar-refractivity contribution in [3.63, 3.8) is 0 Å². The van der Waals surface area contributed by atoms with Gasteiger partial charge in [0.2, 0.25) is 0 Å². The van der Waals surface area contributed by atoms with E-state index >= 15 is 0 Å². The minimum absolute atomic E-state index is 0.210. The fourth-order valence-corrected chi connectivity index (χ4v) is 5.46. The van der Waals surface area contributed by atoms with Gasteiger partial charge in [0, 0.05) is 40.3 Å². The van der Waals surface area contributed by atoms with Crippen molar-refractivity contribution in [1.82, 2.24) is 15.3 Å². The molecule has 0 aliphatic heterocycles. The highest BCUT2D eigenvalue weighted by Gasteiger charge is 2.18. The van der Waals surface area contributed by atoms with Crippen molar-refractivity contribution in [2.45, 2.75) is 19.2 Å². The average Bonchev–Trinajstić information content (AvgIpc) is 3.48. The molecule has 5 rings (SSSR count). The number of benzene rings is 3. The minimum atomic E-state index is -1.03. The third-order valence-electron chi connectivity index (χ3n) is 6.48. The summed E-state index contributed by atoms with van der Waals surface area (Å²) in [6.07, 6.45) is 8.56. The molecule has 2 aromatic heterocycles. The number of aromatic nitrogens is 2. The Morgan fingerprint density at radius 2 is 1.98 bits per heavy atom. The van der Waals surface area contributed by atoms with Gasteiger partial charge in [-0.15, -0.1) is 6.42 Å². The fourth-order valence-electron chi connectivity index (χ4n) is 4.45. The number of halogens is 2. The van der Waals surface area contributed by atoms with Crippen LogP contribution in [0.4, 0.5) is 10.2 Å². The Labute approximate surface area is 250 Å². The number of anilines is 1. The molecule has 0 fully saturated rings. The summed E-state index contributed by atoms with van der Waals surface area (Å²) in [6.45, 7) is 1.01. The molecule has 5 aromatic rings. The van der Waals surface area contributed by atoms with Crippen molar-refractivity contribution in [3.8, 4) is 29.4 Å². The highest BCUT2D eigenvalue weighted by atomic mass is 35.5. The van der Waals surface area contributed by atoms with E-state index in [9.17, 15) is 8.60 Å². The second kappa shape index (κ2) is 13.6. The Balaban J connectivity index is 1.30. The second-order valence-corrected chi connectivity index (χ2v) is 11.5. The third kappa shape index (κ3) is 7.34. The molecule has 2 atom stereocenters. The fraction of sp³-hybridized carbons (Fsp3) is 0.188. The number of hydrogen-bond donors (Lipinski definition) is 2. The molecule has 10 heteroatoms. The van der Waals surface area contributed by atoms with E-state index in [0.29, 0.717) is 47.0 Å². The van der Waals surface area contributed by atoms with Gasteiger partial charge in [0.25, 0.3) is 0 Å². The summed E-state index contributed by atoms with van der Waals surface area (Å²) in [5, 5.41) is 7.85. The maximum Gasteiger partial charge on any atom is 0.138 e. The van der Waals surface area contributed by atoms with Gasteiger partial charge in [0.1, 0.15) is 41.8 Å². The lowest BCUT2D eigenvalue weighted by Gasteiger charge is -2.13. The van der Waals surface area contributed by atoms with Crippen molar-refractivity contribution in [3.05, 3.63) is 107 Å². The molecule has 7 nitrogen and oxygen atoms in total. The van der Waals surface area contributed by atoms with Crippen LogP contribution in [0.1, 0.15) is 22.9 Å². The van der Waals surface area contributed by atoms with Gasteiger partial charge in [0.15, 0.2) is 0 Å². The summed E-state index contributed by atoms with van der Waals surface area (Å²) in [7, 11) is -1.03. The number of nitrogens with one attached hydrogen (secondary N) is 2. The Morgan fingerprint density at radius 1 is 1.10 bits per heavy atom. The number of rotatable bonds is 12. The van der Waals surface area contributed by atoms with Crippen LogP contribution in [0.5, 0.6) is 5.75 Å². The van der Waals surface area contributed by atoms with Gasteiger partial charge >= 0.3 is 0 Å². The van der Waals surface area contributed by atoms with Crippen molar-refractivity contribution in [2.75, 3.05) is 23.9 Å². The Kier molecular flexibility index (Phi) is 9.49. The predicted octanol–water partition coefficient (Wildman–Crippen LogP) is 6.52. The lowest BCUT2D eigenvalue weighted by Crippen LogP contribution is -2.26. The smallest absolute Gasteiger partial charge is 0.138 e. The molecule has 42 heavy (non-hydrogen) atoms. The standard InChI is InChI=1S/C32H28ClFN4O3S/c1-3-13-35-28(19-42(2)39)31-12-11-29(41-31)23-8-9-27-25(16-23)32(38-20-37-27)36-17-21-7-10-30(26(33)15-21)40-18-22-5-4-6-24(34)14-22/h1,4-12,14-16,20,28,35H,13,17-19H2,2H3,(H,36,37,38). The largest absolute Gasteiger partial charge is 0.487 e. The van der Waals surface area contributed by atoms with Crippen LogP contribution in [-0.4, -0.2) is 32.7 Å².